The second-order valence-corrected chi connectivity index (χ2v) is 7.20. The molecular weight excluding hydrogens is 304 g/mol. The number of guanidine groups is 1. The third-order valence-corrected chi connectivity index (χ3v) is 5.19. The van der Waals surface area contributed by atoms with Crippen molar-refractivity contribution in [1.29, 1.82) is 0 Å². The molecule has 0 bridgehead atoms. The Morgan fingerprint density at radius 2 is 2.00 bits per heavy atom. The predicted octanol–water partition coefficient (Wildman–Crippen LogP) is 2.60. The number of amides is 1. The van der Waals surface area contributed by atoms with Crippen LogP contribution in [0.5, 0.6) is 0 Å². The van der Waals surface area contributed by atoms with E-state index >= 15 is 0 Å². The number of carbonyl (C=O) groups excluding carboxylic acids is 1. The van der Waals surface area contributed by atoms with Gasteiger partial charge in [-0.15, -0.1) is 0 Å². The molecule has 2 N–H and O–H groups in total. The highest BCUT2D eigenvalue weighted by Gasteiger charge is 2.24. The minimum atomic E-state index is -0.190. The Labute approximate surface area is 146 Å². The van der Waals surface area contributed by atoms with Crippen molar-refractivity contribution in [3.8, 4) is 0 Å². The normalized spacial score (nSPS) is 26.1. The summed E-state index contributed by atoms with van der Waals surface area (Å²) < 4.78 is 5.06. The maximum atomic E-state index is 11.7. The Hall–Kier alpha value is -1.46. The van der Waals surface area contributed by atoms with Gasteiger partial charge in [0, 0.05) is 32.7 Å². The maximum Gasteiger partial charge on any atom is 0.409 e. The minimum absolute atomic E-state index is 0.190. The molecule has 6 heteroatoms. The van der Waals surface area contributed by atoms with Crippen LogP contribution in [0.1, 0.15) is 52.4 Å². The molecule has 1 heterocycles. The number of hydrogen-bond donors (Lipinski definition) is 2. The van der Waals surface area contributed by atoms with Gasteiger partial charge in [-0.1, -0.05) is 19.8 Å². The Kier molecular flexibility index (Phi) is 7.66. The molecule has 2 fully saturated rings. The number of aliphatic imine (C=N–C) groups is 1. The molecule has 2 unspecified atom stereocenters. The second kappa shape index (κ2) is 9.74. The summed E-state index contributed by atoms with van der Waals surface area (Å²) in [5.41, 5.74) is 0. The monoisotopic (exact) mass is 338 g/mol. The first-order chi connectivity index (χ1) is 11.6. The van der Waals surface area contributed by atoms with Crippen LogP contribution in [0, 0.1) is 11.8 Å². The number of nitrogens with zero attached hydrogens (tertiary/aromatic N) is 2. The highest BCUT2D eigenvalue weighted by Crippen LogP contribution is 2.27. The van der Waals surface area contributed by atoms with E-state index in [1.54, 1.807) is 4.90 Å². The van der Waals surface area contributed by atoms with Crippen LogP contribution in [0.4, 0.5) is 4.79 Å². The van der Waals surface area contributed by atoms with Crippen LogP contribution in [0.15, 0.2) is 4.99 Å². The zero-order valence-corrected chi connectivity index (χ0v) is 15.5. The van der Waals surface area contributed by atoms with Crippen molar-refractivity contribution in [3.63, 3.8) is 0 Å². The molecule has 1 saturated heterocycles. The van der Waals surface area contributed by atoms with Crippen molar-refractivity contribution < 1.29 is 9.53 Å². The quantitative estimate of drug-likeness (QED) is 0.611. The highest BCUT2D eigenvalue weighted by molar-refractivity contribution is 5.80. The van der Waals surface area contributed by atoms with Crippen LogP contribution < -0.4 is 10.6 Å². The number of nitrogens with one attached hydrogen (secondary N) is 2. The van der Waals surface area contributed by atoms with E-state index in [9.17, 15) is 4.79 Å². The van der Waals surface area contributed by atoms with Crippen molar-refractivity contribution in [2.24, 2.45) is 16.8 Å². The molecule has 1 aliphatic carbocycles. The molecule has 2 atom stereocenters. The first kappa shape index (κ1) is 18.9. The van der Waals surface area contributed by atoms with Gasteiger partial charge in [-0.05, 0) is 44.4 Å². The minimum Gasteiger partial charge on any atom is -0.450 e. The lowest BCUT2D eigenvalue weighted by Crippen LogP contribution is -2.50. The SMILES string of the molecule is CCOC(=O)N1CCC(NC(=NC)NCC2CCCC(C)C2)CC1. The summed E-state index contributed by atoms with van der Waals surface area (Å²) in [5, 5.41) is 7.00. The van der Waals surface area contributed by atoms with E-state index < -0.39 is 0 Å². The Morgan fingerprint density at radius 3 is 2.62 bits per heavy atom. The van der Waals surface area contributed by atoms with Gasteiger partial charge in [0.05, 0.1) is 6.61 Å². The first-order valence-corrected chi connectivity index (χ1v) is 9.51. The van der Waals surface area contributed by atoms with Gasteiger partial charge in [0.1, 0.15) is 0 Å². The van der Waals surface area contributed by atoms with Crippen molar-refractivity contribution in [3.05, 3.63) is 0 Å². The van der Waals surface area contributed by atoms with E-state index in [0.717, 1.165) is 50.3 Å². The molecule has 2 rings (SSSR count). The number of likely N-dealkylation sites (tertiary alicyclic amines) is 1. The smallest absolute Gasteiger partial charge is 0.409 e. The number of rotatable bonds is 4. The largest absolute Gasteiger partial charge is 0.450 e. The molecule has 0 spiro atoms. The molecule has 0 aromatic heterocycles. The Bertz CT molecular complexity index is 419. The summed E-state index contributed by atoms with van der Waals surface area (Å²) in [6.07, 6.45) is 7.05. The molecule has 2 aliphatic rings. The summed E-state index contributed by atoms with van der Waals surface area (Å²) in [6.45, 7) is 7.13. The fourth-order valence-electron chi connectivity index (χ4n) is 3.80. The summed E-state index contributed by atoms with van der Waals surface area (Å²) in [4.78, 5) is 17.9. The molecule has 0 aromatic carbocycles. The van der Waals surface area contributed by atoms with E-state index in [-0.39, 0.29) is 6.09 Å². The number of piperidine rings is 1. The Balaban J connectivity index is 1.69. The summed E-state index contributed by atoms with van der Waals surface area (Å²) >= 11 is 0. The summed E-state index contributed by atoms with van der Waals surface area (Å²) in [5.74, 6) is 2.51. The van der Waals surface area contributed by atoms with Crippen molar-refractivity contribution in [2.75, 3.05) is 33.3 Å². The lowest BCUT2D eigenvalue weighted by Gasteiger charge is -2.33. The van der Waals surface area contributed by atoms with Gasteiger partial charge in [0.25, 0.3) is 0 Å². The molecule has 0 radical (unpaired) electrons. The van der Waals surface area contributed by atoms with E-state index in [1.807, 2.05) is 14.0 Å². The molecular formula is C18H34N4O2. The van der Waals surface area contributed by atoms with Crippen LogP contribution in [0.3, 0.4) is 0 Å². The number of carbonyl (C=O) groups is 1. The molecule has 24 heavy (non-hydrogen) atoms. The second-order valence-electron chi connectivity index (χ2n) is 7.20. The lowest BCUT2D eigenvalue weighted by atomic mass is 9.82. The van der Waals surface area contributed by atoms with Gasteiger partial charge >= 0.3 is 6.09 Å². The van der Waals surface area contributed by atoms with Gasteiger partial charge in [0.15, 0.2) is 5.96 Å². The molecule has 0 aromatic rings. The van der Waals surface area contributed by atoms with Gasteiger partial charge in [-0.25, -0.2) is 4.79 Å². The zero-order valence-electron chi connectivity index (χ0n) is 15.5. The van der Waals surface area contributed by atoms with E-state index in [2.05, 4.69) is 22.5 Å². The molecule has 6 nitrogen and oxygen atoms in total. The average Bonchev–Trinajstić information content (AvgIpc) is 2.59. The van der Waals surface area contributed by atoms with Gasteiger partial charge in [0.2, 0.25) is 0 Å². The topological polar surface area (TPSA) is 66.0 Å². The number of ether oxygens (including phenoxy) is 1. The maximum absolute atomic E-state index is 11.7. The van der Waals surface area contributed by atoms with E-state index in [0.29, 0.717) is 12.6 Å². The fraction of sp³-hybridized carbons (Fsp3) is 0.889. The summed E-state index contributed by atoms with van der Waals surface area (Å²) in [7, 11) is 1.83. The standard InChI is InChI=1S/C18H34N4O2/c1-4-24-18(23)22-10-8-16(9-11-22)21-17(19-3)20-13-15-7-5-6-14(2)12-15/h14-16H,4-13H2,1-3H3,(H2,19,20,21). The lowest BCUT2D eigenvalue weighted by molar-refractivity contribution is 0.0963. The van der Waals surface area contributed by atoms with E-state index in [4.69, 9.17) is 4.74 Å². The van der Waals surface area contributed by atoms with Crippen LogP contribution >= 0.6 is 0 Å². The number of hydrogen-bond acceptors (Lipinski definition) is 3. The van der Waals surface area contributed by atoms with Crippen LogP contribution in [-0.4, -0.2) is 56.3 Å². The van der Waals surface area contributed by atoms with Crippen molar-refractivity contribution >= 4 is 12.1 Å². The fourth-order valence-corrected chi connectivity index (χ4v) is 3.80. The predicted molar refractivity (Wildman–Crippen MR) is 97.2 cm³/mol. The van der Waals surface area contributed by atoms with Gasteiger partial charge in [-0.2, -0.15) is 0 Å². The molecule has 138 valence electrons. The van der Waals surface area contributed by atoms with E-state index in [1.165, 1.54) is 25.7 Å². The van der Waals surface area contributed by atoms with Crippen LogP contribution in [0.2, 0.25) is 0 Å². The van der Waals surface area contributed by atoms with Gasteiger partial charge < -0.3 is 20.3 Å². The van der Waals surface area contributed by atoms with Gasteiger partial charge in [-0.3, -0.25) is 4.99 Å². The average molecular weight is 338 g/mol. The summed E-state index contributed by atoms with van der Waals surface area (Å²) in [6, 6.07) is 0.368. The first-order valence-electron chi connectivity index (χ1n) is 9.51. The molecule has 1 amide bonds. The zero-order chi connectivity index (χ0) is 17.4. The highest BCUT2D eigenvalue weighted by atomic mass is 16.6. The third kappa shape index (κ3) is 5.87. The van der Waals surface area contributed by atoms with Crippen LogP contribution in [-0.2, 0) is 4.74 Å². The van der Waals surface area contributed by atoms with Crippen molar-refractivity contribution in [1.82, 2.24) is 15.5 Å². The molecule has 1 aliphatic heterocycles. The van der Waals surface area contributed by atoms with Crippen LogP contribution in [0.25, 0.3) is 0 Å². The molecule has 1 saturated carbocycles. The Morgan fingerprint density at radius 1 is 1.25 bits per heavy atom. The van der Waals surface area contributed by atoms with Crippen molar-refractivity contribution in [2.45, 2.75) is 58.4 Å². The third-order valence-electron chi connectivity index (χ3n) is 5.19.